The molecule has 1 unspecified atom stereocenters. The number of hydrogen-bond acceptors (Lipinski definition) is 4. The highest BCUT2D eigenvalue weighted by Gasteiger charge is 2.28. The number of carbonyl (C=O) groups is 3. The third-order valence-corrected chi connectivity index (χ3v) is 2.14. The number of carbonyl (C=O) groups excluding carboxylic acids is 3. The van der Waals surface area contributed by atoms with Crippen LogP contribution in [0.2, 0.25) is 0 Å². The molecule has 0 aromatic carbocycles. The highest BCUT2D eigenvalue weighted by Crippen LogP contribution is 2.21. The molecule has 0 aliphatic heterocycles. The zero-order valence-corrected chi connectivity index (χ0v) is 10.6. The first-order valence-electron chi connectivity index (χ1n) is 5.27. The molecule has 4 heteroatoms. The molecule has 0 bridgehead atoms. The number of esters is 1. The van der Waals surface area contributed by atoms with Crippen LogP contribution in [0.4, 0.5) is 0 Å². The monoisotopic (exact) mass is 228 g/mol. The van der Waals surface area contributed by atoms with Crippen LogP contribution in [0.3, 0.4) is 0 Å². The summed E-state index contributed by atoms with van der Waals surface area (Å²) in [5.74, 6) is -1.98. The molecule has 0 rings (SSSR count). The standard InChI is InChI=1S/C12H20O4/c1-8(13)10(11(15)16-5)6-9(14)7-12(2,3)4/h10H,6-7H2,1-5H3. The van der Waals surface area contributed by atoms with Gasteiger partial charge in [0.25, 0.3) is 0 Å². The van der Waals surface area contributed by atoms with E-state index in [9.17, 15) is 14.4 Å². The Labute approximate surface area is 96.4 Å². The zero-order valence-electron chi connectivity index (χ0n) is 10.6. The normalized spacial score (nSPS) is 13.1. The van der Waals surface area contributed by atoms with Crippen LogP contribution < -0.4 is 0 Å². The summed E-state index contributed by atoms with van der Waals surface area (Å²) in [6.07, 6.45) is 0.299. The predicted octanol–water partition coefficient (Wildman–Crippen LogP) is 1.76. The summed E-state index contributed by atoms with van der Waals surface area (Å²) in [6.45, 7) is 7.11. The van der Waals surface area contributed by atoms with E-state index < -0.39 is 11.9 Å². The SMILES string of the molecule is COC(=O)C(CC(=O)CC(C)(C)C)C(C)=O. The molecule has 1 atom stereocenters. The number of rotatable bonds is 5. The second-order valence-corrected chi connectivity index (χ2v) is 5.17. The minimum atomic E-state index is -0.945. The molecule has 0 aromatic heterocycles. The molecule has 0 amide bonds. The first-order chi connectivity index (χ1) is 7.17. The Bertz CT molecular complexity index is 286. The van der Waals surface area contributed by atoms with Crippen molar-refractivity contribution in [3.8, 4) is 0 Å². The molecule has 0 N–H and O–H groups in total. The summed E-state index contributed by atoms with van der Waals surface area (Å²) < 4.78 is 4.49. The summed E-state index contributed by atoms with van der Waals surface area (Å²) in [7, 11) is 1.21. The van der Waals surface area contributed by atoms with Gasteiger partial charge in [-0.15, -0.1) is 0 Å². The molecular formula is C12H20O4. The Kier molecular flexibility index (Phi) is 5.35. The maximum absolute atomic E-state index is 11.6. The number of ether oxygens (including phenoxy) is 1. The van der Waals surface area contributed by atoms with Crippen LogP contribution in [-0.2, 0) is 19.1 Å². The van der Waals surface area contributed by atoms with E-state index in [2.05, 4.69) is 4.74 Å². The second-order valence-electron chi connectivity index (χ2n) is 5.17. The molecular weight excluding hydrogens is 208 g/mol. The molecule has 92 valence electrons. The van der Waals surface area contributed by atoms with Gasteiger partial charge >= 0.3 is 5.97 Å². The quantitative estimate of drug-likeness (QED) is 0.531. The van der Waals surface area contributed by atoms with Crippen molar-refractivity contribution in [3.63, 3.8) is 0 Å². The first kappa shape index (κ1) is 14.8. The van der Waals surface area contributed by atoms with Gasteiger partial charge in [0, 0.05) is 12.8 Å². The van der Waals surface area contributed by atoms with Gasteiger partial charge in [0.15, 0.2) is 0 Å². The van der Waals surface area contributed by atoms with Crippen LogP contribution in [-0.4, -0.2) is 24.6 Å². The molecule has 0 aromatic rings. The first-order valence-corrected chi connectivity index (χ1v) is 5.27. The van der Waals surface area contributed by atoms with Crippen molar-refractivity contribution < 1.29 is 19.1 Å². The lowest BCUT2D eigenvalue weighted by Gasteiger charge is -2.18. The van der Waals surface area contributed by atoms with Crippen LogP contribution in [0.5, 0.6) is 0 Å². The van der Waals surface area contributed by atoms with Crippen LogP contribution in [0.1, 0.15) is 40.5 Å². The van der Waals surface area contributed by atoms with E-state index in [1.165, 1.54) is 14.0 Å². The van der Waals surface area contributed by atoms with Crippen molar-refractivity contribution in [1.82, 2.24) is 0 Å². The highest BCUT2D eigenvalue weighted by atomic mass is 16.5. The summed E-state index contributed by atoms with van der Waals surface area (Å²) >= 11 is 0. The van der Waals surface area contributed by atoms with Crippen molar-refractivity contribution in [1.29, 1.82) is 0 Å². The largest absolute Gasteiger partial charge is 0.468 e. The molecule has 0 saturated heterocycles. The van der Waals surface area contributed by atoms with Gasteiger partial charge < -0.3 is 4.74 Å². The molecule has 0 aliphatic rings. The zero-order chi connectivity index (χ0) is 12.9. The lowest BCUT2D eigenvalue weighted by molar-refractivity contribution is -0.151. The van der Waals surface area contributed by atoms with Gasteiger partial charge in [0.1, 0.15) is 17.5 Å². The molecule has 4 nitrogen and oxygen atoms in total. The summed E-state index contributed by atoms with van der Waals surface area (Å²) in [6, 6.07) is 0. The molecule has 0 heterocycles. The topological polar surface area (TPSA) is 60.4 Å². The van der Waals surface area contributed by atoms with Crippen LogP contribution in [0.15, 0.2) is 0 Å². The van der Waals surface area contributed by atoms with E-state index in [1.807, 2.05) is 20.8 Å². The van der Waals surface area contributed by atoms with Crippen LogP contribution in [0.25, 0.3) is 0 Å². The van der Waals surface area contributed by atoms with Gasteiger partial charge in [-0.3, -0.25) is 14.4 Å². The fourth-order valence-electron chi connectivity index (χ4n) is 1.43. The van der Waals surface area contributed by atoms with Crippen molar-refractivity contribution in [3.05, 3.63) is 0 Å². The van der Waals surface area contributed by atoms with E-state index in [0.717, 1.165) is 0 Å². The Morgan fingerprint density at radius 1 is 1.19 bits per heavy atom. The number of ketones is 2. The van der Waals surface area contributed by atoms with Gasteiger partial charge in [-0.2, -0.15) is 0 Å². The van der Waals surface area contributed by atoms with Gasteiger partial charge in [0.2, 0.25) is 0 Å². The molecule has 0 radical (unpaired) electrons. The van der Waals surface area contributed by atoms with Crippen LogP contribution >= 0.6 is 0 Å². The predicted molar refractivity (Wildman–Crippen MR) is 59.9 cm³/mol. The molecule has 0 fully saturated rings. The van der Waals surface area contributed by atoms with Crippen molar-refractivity contribution >= 4 is 17.5 Å². The smallest absolute Gasteiger partial charge is 0.316 e. The molecule has 16 heavy (non-hydrogen) atoms. The van der Waals surface area contributed by atoms with E-state index in [4.69, 9.17) is 0 Å². The molecule has 0 saturated carbocycles. The van der Waals surface area contributed by atoms with E-state index in [-0.39, 0.29) is 23.4 Å². The van der Waals surface area contributed by atoms with E-state index in [1.54, 1.807) is 0 Å². The summed E-state index contributed by atoms with van der Waals surface area (Å²) in [4.78, 5) is 34.1. The molecule has 0 aliphatic carbocycles. The van der Waals surface area contributed by atoms with Crippen molar-refractivity contribution in [2.45, 2.75) is 40.5 Å². The highest BCUT2D eigenvalue weighted by molar-refractivity contribution is 6.01. The fourth-order valence-corrected chi connectivity index (χ4v) is 1.43. The van der Waals surface area contributed by atoms with Crippen molar-refractivity contribution in [2.75, 3.05) is 7.11 Å². The maximum atomic E-state index is 11.6. The van der Waals surface area contributed by atoms with Gasteiger partial charge in [0.05, 0.1) is 7.11 Å². The van der Waals surface area contributed by atoms with E-state index in [0.29, 0.717) is 6.42 Å². The Balaban J connectivity index is 4.48. The molecule has 0 spiro atoms. The average molecular weight is 228 g/mol. The lowest BCUT2D eigenvalue weighted by Crippen LogP contribution is -2.27. The second kappa shape index (κ2) is 5.77. The minimum absolute atomic E-state index is 0.0563. The van der Waals surface area contributed by atoms with Gasteiger partial charge in [-0.05, 0) is 12.3 Å². The number of methoxy groups -OCH3 is 1. The third kappa shape index (κ3) is 5.63. The van der Waals surface area contributed by atoms with Crippen LogP contribution in [0, 0.1) is 11.3 Å². The maximum Gasteiger partial charge on any atom is 0.316 e. The number of hydrogen-bond donors (Lipinski definition) is 0. The Morgan fingerprint density at radius 3 is 2.00 bits per heavy atom. The van der Waals surface area contributed by atoms with Crippen molar-refractivity contribution in [2.24, 2.45) is 11.3 Å². The fraction of sp³-hybridized carbons (Fsp3) is 0.750. The number of Topliss-reactive ketones (excluding diaryl/α,β-unsaturated/α-hetero) is 2. The lowest BCUT2D eigenvalue weighted by atomic mass is 9.86. The van der Waals surface area contributed by atoms with E-state index >= 15 is 0 Å². The summed E-state index contributed by atoms with van der Waals surface area (Å²) in [5.41, 5.74) is -0.130. The average Bonchev–Trinajstić information content (AvgIpc) is 2.09. The minimum Gasteiger partial charge on any atom is -0.468 e. The summed E-state index contributed by atoms with van der Waals surface area (Å²) in [5, 5.41) is 0. The van der Waals surface area contributed by atoms with Gasteiger partial charge in [-0.1, -0.05) is 20.8 Å². The Morgan fingerprint density at radius 2 is 1.69 bits per heavy atom. The van der Waals surface area contributed by atoms with Gasteiger partial charge in [-0.25, -0.2) is 0 Å². The Hall–Kier alpha value is -1.19. The third-order valence-electron chi connectivity index (χ3n) is 2.14.